The first kappa shape index (κ1) is 9.24. The third-order valence-corrected chi connectivity index (χ3v) is 3.51. The van der Waals surface area contributed by atoms with Crippen LogP contribution in [0.15, 0.2) is 18.5 Å². The zero-order valence-corrected chi connectivity index (χ0v) is 8.65. The number of nitrogens with one attached hydrogen (secondary N) is 1. The maximum absolute atomic E-state index is 5.66. The van der Waals surface area contributed by atoms with E-state index in [4.69, 9.17) is 4.74 Å². The van der Waals surface area contributed by atoms with Gasteiger partial charge in [-0.15, -0.1) is 0 Å². The van der Waals surface area contributed by atoms with Crippen LogP contribution in [0, 0.1) is 5.41 Å². The smallest absolute Gasteiger partial charge is 0.157 e. The molecular weight excluding hydrogens is 190 g/mol. The van der Waals surface area contributed by atoms with E-state index >= 15 is 0 Å². The first-order valence-corrected chi connectivity index (χ1v) is 5.50. The van der Waals surface area contributed by atoms with Crippen molar-refractivity contribution in [1.29, 1.82) is 0 Å². The van der Waals surface area contributed by atoms with Gasteiger partial charge in [0.25, 0.3) is 0 Å². The number of nitrogens with zero attached hydrogens (tertiary/aromatic N) is 2. The molecule has 15 heavy (non-hydrogen) atoms. The molecular formula is C11H15N3O. The fourth-order valence-corrected chi connectivity index (χ4v) is 2.53. The standard InChI is InChI=1S/C11H15N3O/c1-4-13-10(14-5-1)9-11(8-15-9)2-6-12-7-3-11/h1,4-5,9,12H,2-3,6-8H2. The lowest BCUT2D eigenvalue weighted by molar-refractivity contribution is -0.206. The third-order valence-electron chi connectivity index (χ3n) is 3.51. The second-order valence-corrected chi connectivity index (χ2v) is 4.41. The van der Waals surface area contributed by atoms with Gasteiger partial charge in [0, 0.05) is 17.8 Å². The number of piperidine rings is 1. The second-order valence-electron chi connectivity index (χ2n) is 4.41. The summed E-state index contributed by atoms with van der Waals surface area (Å²) in [7, 11) is 0. The van der Waals surface area contributed by atoms with Crippen molar-refractivity contribution >= 4 is 0 Å². The van der Waals surface area contributed by atoms with Gasteiger partial charge in [-0.2, -0.15) is 0 Å². The monoisotopic (exact) mass is 205 g/mol. The van der Waals surface area contributed by atoms with E-state index in [0.717, 1.165) is 25.5 Å². The molecule has 3 rings (SSSR count). The Bertz CT molecular complexity index is 335. The highest BCUT2D eigenvalue weighted by Gasteiger charge is 2.50. The number of hydrogen-bond donors (Lipinski definition) is 1. The summed E-state index contributed by atoms with van der Waals surface area (Å²) >= 11 is 0. The van der Waals surface area contributed by atoms with Crippen molar-refractivity contribution < 1.29 is 4.74 Å². The molecule has 4 nitrogen and oxygen atoms in total. The first-order valence-electron chi connectivity index (χ1n) is 5.50. The summed E-state index contributed by atoms with van der Waals surface area (Å²) in [5.74, 6) is 0.852. The molecule has 0 saturated carbocycles. The molecule has 0 amide bonds. The summed E-state index contributed by atoms with van der Waals surface area (Å²) in [4.78, 5) is 8.59. The van der Waals surface area contributed by atoms with Gasteiger partial charge >= 0.3 is 0 Å². The van der Waals surface area contributed by atoms with Gasteiger partial charge in [-0.05, 0) is 32.0 Å². The minimum atomic E-state index is 0.126. The predicted molar refractivity (Wildman–Crippen MR) is 55.3 cm³/mol. The fourth-order valence-electron chi connectivity index (χ4n) is 2.53. The van der Waals surface area contributed by atoms with Crippen molar-refractivity contribution in [1.82, 2.24) is 15.3 Å². The van der Waals surface area contributed by atoms with Crippen LogP contribution in [0.2, 0.25) is 0 Å². The molecule has 1 spiro atoms. The Hall–Kier alpha value is -1.00. The topological polar surface area (TPSA) is 47.0 Å². The second kappa shape index (κ2) is 3.54. The van der Waals surface area contributed by atoms with Crippen molar-refractivity contribution in [2.24, 2.45) is 5.41 Å². The van der Waals surface area contributed by atoms with E-state index in [0.29, 0.717) is 5.41 Å². The number of aromatic nitrogens is 2. The van der Waals surface area contributed by atoms with Crippen molar-refractivity contribution in [3.63, 3.8) is 0 Å². The Labute approximate surface area is 89.1 Å². The molecule has 2 aliphatic heterocycles. The van der Waals surface area contributed by atoms with Gasteiger partial charge in [0.15, 0.2) is 5.82 Å². The molecule has 2 fully saturated rings. The van der Waals surface area contributed by atoms with Gasteiger partial charge in [0.05, 0.1) is 6.61 Å². The number of rotatable bonds is 1. The Morgan fingerprint density at radius 1 is 1.27 bits per heavy atom. The molecule has 3 heterocycles. The van der Waals surface area contributed by atoms with E-state index < -0.39 is 0 Å². The molecule has 4 heteroatoms. The molecule has 1 N–H and O–H groups in total. The molecule has 0 aromatic carbocycles. The van der Waals surface area contributed by atoms with Crippen LogP contribution >= 0.6 is 0 Å². The molecule has 80 valence electrons. The molecule has 2 saturated heterocycles. The van der Waals surface area contributed by atoms with Crippen LogP contribution < -0.4 is 5.32 Å². The molecule has 1 aromatic heterocycles. The van der Waals surface area contributed by atoms with Crippen LogP contribution in [0.3, 0.4) is 0 Å². The Morgan fingerprint density at radius 2 is 2.00 bits per heavy atom. The maximum atomic E-state index is 5.66. The molecule has 0 radical (unpaired) electrons. The average molecular weight is 205 g/mol. The summed E-state index contributed by atoms with van der Waals surface area (Å²) < 4.78 is 5.66. The summed E-state index contributed by atoms with van der Waals surface area (Å²) in [6.07, 6.45) is 6.06. The van der Waals surface area contributed by atoms with Crippen LogP contribution in [-0.4, -0.2) is 29.7 Å². The lowest BCUT2D eigenvalue weighted by atomic mass is 9.71. The van der Waals surface area contributed by atoms with Crippen LogP contribution in [-0.2, 0) is 4.74 Å². The SMILES string of the molecule is c1cnc(C2OCC23CCNCC3)nc1. The molecule has 2 aliphatic rings. The normalized spacial score (nSPS) is 28.7. The van der Waals surface area contributed by atoms with Crippen LogP contribution in [0.5, 0.6) is 0 Å². The van der Waals surface area contributed by atoms with E-state index in [-0.39, 0.29) is 6.10 Å². The molecule has 1 aromatic rings. The first-order chi connectivity index (χ1) is 7.41. The molecule has 1 unspecified atom stereocenters. The minimum absolute atomic E-state index is 0.126. The third kappa shape index (κ3) is 1.44. The van der Waals surface area contributed by atoms with Gasteiger partial charge in [-0.3, -0.25) is 0 Å². The van der Waals surface area contributed by atoms with Crippen molar-refractivity contribution in [2.75, 3.05) is 19.7 Å². The predicted octanol–water partition coefficient (Wildman–Crippen LogP) is 0.918. The highest BCUT2D eigenvalue weighted by molar-refractivity contribution is 5.07. The van der Waals surface area contributed by atoms with Crippen molar-refractivity contribution in [3.05, 3.63) is 24.3 Å². The van der Waals surface area contributed by atoms with E-state index in [1.807, 2.05) is 6.07 Å². The summed E-state index contributed by atoms with van der Waals surface area (Å²) in [6, 6.07) is 1.84. The van der Waals surface area contributed by atoms with Crippen LogP contribution in [0.4, 0.5) is 0 Å². The lowest BCUT2D eigenvalue weighted by Gasteiger charge is -2.50. The zero-order chi connectivity index (χ0) is 10.1. The summed E-state index contributed by atoms with van der Waals surface area (Å²) in [5.41, 5.74) is 0.312. The van der Waals surface area contributed by atoms with Crippen molar-refractivity contribution in [2.45, 2.75) is 18.9 Å². The van der Waals surface area contributed by atoms with Crippen LogP contribution in [0.1, 0.15) is 24.8 Å². The maximum Gasteiger partial charge on any atom is 0.157 e. The number of hydrogen-bond acceptors (Lipinski definition) is 4. The highest BCUT2D eigenvalue weighted by atomic mass is 16.5. The Kier molecular flexibility index (Phi) is 2.18. The van der Waals surface area contributed by atoms with E-state index in [2.05, 4.69) is 15.3 Å². The fraction of sp³-hybridized carbons (Fsp3) is 0.636. The van der Waals surface area contributed by atoms with Gasteiger partial charge in [0.1, 0.15) is 6.10 Å². The van der Waals surface area contributed by atoms with Crippen molar-refractivity contribution in [3.8, 4) is 0 Å². The Balaban J connectivity index is 1.83. The van der Waals surface area contributed by atoms with Gasteiger partial charge in [-0.1, -0.05) is 0 Å². The Morgan fingerprint density at radius 3 is 2.60 bits per heavy atom. The summed E-state index contributed by atoms with van der Waals surface area (Å²) in [6.45, 7) is 3.05. The quantitative estimate of drug-likeness (QED) is 0.740. The van der Waals surface area contributed by atoms with Gasteiger partial charge in [0.2, 0.25) is 0 Å². The largest absolute Gasteiger partial charge is 0.369 e. The van der Waals surface area contributed by atoms with Crippen LogP contribution in [0.25, 0.3) is 0 Å². The van der Waals surface area contributed by atoms with Gasteiger partial charge < -0.3 is 10.1 Å². The molecule has 0 bridgehead atoms. The molecule has 1 atom stereocenters. The zero-order valence-electron chi connectivity index (χ0n) is 8.65. The van der Waals surface area contributed by atoms with E-state index in [1.165, 1.54) is 12.8 Å². The minimum Gasteiger partial charge on any atom is -0.369 e. The lowest BCUT2D eigenvalue weighted by Crippen LogP contribution is -2.52. The van der Waals surface area contributed by atoms with E-state index in [9.17, 15) is 0 Å². The number of ether oxygens (including phenoxy) is 1. The highest BCUT2D eigenvalue weighted by Crippen LogP contribution is 2.50. The summed E-state index contributed by atoms with van der Waals surface area (Å²) in [5, 5.41) is 3.38. The average Bonchev–Trinajstić information content (AvgIpc) is 2.30. The van der Waals surface area contributed by atoms with Gasteiger partial charge in [-0.25, -0.2) is 9.97 Å². The van der Waals surface area contributed by atoms with E-state index in [1.54, 1.807) is 12.4 Å². The molecule has 0 aliphatic carbocycles.